The van der Waals surface area contributed by atoms with Crippen LogP contribution in [-0.2, 0) is 11.3 Å². The summed E-state index contributed by atoms with van der Waals surface area (Å²) in [6.07, 6.45) is 2.14. The second-order valence-corrected chi connectivity index (χ2v) is 7.43. The first-order valence-corrected chi connectivity index (χ1v) is 9.55. The summed E-state index contributed by atoms with van der Waals surface area (Å²) >= 11 is 17.9. The Morgan fingerprint density at radius 3 is 2.85 bits per heavy atom. The van der Waals surface area contributed by atoms with Gasteiger partial charge < -0.3 is 15.0 Å². The van der Waals surface area contributed by atoms with Crippen LogP contribution in [0.1, 0.15) is 18.4 Å². The van der Waals surface area contributed by atoms with Crippen molar-refractivity contribution in [2.45, 2.75) is 25.5 Å². The van der Waals surface area contributed by atoms with E-state index < -0.39 is 0 Å². The maximum absolute atomic E-state index is 13.5. The van der Waals surface area contributed by atoms with E-state index in [9.17, 15) is 4.39 Å². The standard InChI is InChI=1S/C19H19Cl2FN2OS/c20-14-6-7-17(21)18(10-14)23-19(26)24(12-16-5-2-8-25-16)11-13-3-1-4-15(22)9-13/h1,3-4,6-7,9-10,16H,2,5,8,11-12H2,(H,23,26)/t16-/m0/s1. The van der Waals surface area contributed by atoms with Crippen molar-refractivity contribution in [3.63, 3.8) is 0 Å². The number of ether oxygens (including phenoxy) is 1. The van der Waals surface area contributed by atoms with Gasteiger partial charge in [0.1, 0.15) is 5.82 Å². The van der Waals surface area contributed by atoms with Crippen molar-refractivity contribution in [2.75, 3.05) is 18.5 Å². The molecule has 2 aromatic rings. The number of hydrogen-bond acceptors (Lipinski definition) is 2. The van der Waals surface area contributed by atoms with Gasteiger partial charge in [-0.15, -0.1) is 0 Å². The van der Waals surface area contributed by atoms with Crippen LogP contribution < -0.4 is 5.32 Å². The number of rotatable bonds is 5. The molecule has 138 valence electrons. The fourth-order valence-electron chi connectivity index (χ4n) is 2.90. The Morgan fingerprint density at radius 1 is 1.27 bits per heavy atom. The zero-order valence-electron chi connectivity index (χ0n) is 14.1. The number of halogens is 3. The van der Waals surface area contributed by atoms with E-state index in [1.54, 1.807) is 24.3 Å². The van der Waals surface area contributed by atoms with E-state index >= 15 is 0 Å². The predicted molar refractivity (Wildman–Crippen MR) is 108 cm³/mol. The van der Waals surface area contributed by atoms with Crippen LogP contribution in [0.5, 0.6) is 0 Å². The second-order valence-electron chi connectivity index (χ2n) is 6.20. The Bertz CT molecular complexity index is 784. The summed E-state index contributed by atoms with van der Waals surface area (Å²) in [4.78, 5) is 1.97. The van der Waals surface area contributed by atoms with Gasteiger partial charge in [-0.25, -0.2) is 4.39 Å². The quantitative estimate of drug-likeness (QED) is 0.654. The van der Waals surface area contributed by atoms with Gasteiger partial charge in [0, 0.05) is 24.7 Å². The minimum Gasteiger partial charge on any atom is -0.376 e. The summed E-state index contributed by atoms with van der Waals surface area (Å²) < 4.78 is 19.3. The average molecular weight is 413 g/mol. The van der Waals surface area contributed by atoms with Crippen LogP contribution >= 0.6 is 35.4 Å². The van der Waals surface area contributed by atoms with Crippen LogP contribution in [0.3, 0.4) is 0 Å². The molecule has 0 aromatic heterocycles. The third kappa shape index (κ3) is 5.30. The number of benzene rings is 2. The zero-order chi connectivity index (χ0) is 18.5. The van der Waals surface area contributed by atoms with Crippen molar-refractivity contribution in [1.82, 2.24) is 4.90 Å². The third-order valence-electron chi connectivity index (χ3n) is 4.17. The van der Waals surface area contributed by atoms with E-state index in [4.69, 9.17) is 40.2 Å². The van der Waals surface area contributed by atoms with Gasteiger partial charge in [0.25, 0.3) is 0 Å². The van der Waals surface area contributed by atoms with Crippen molar-refractivity contribution >= 4 is 46.2 Å². The highest BCUT2D eigenvalue weighted by molar-refractivity contribution is 7.80. The Hall–Kier alpha value is -1.40. The van der Waals surface area contributed by atoms with Gasteiger partial charge in [-0.1, -0.05) is 35.3 Å². The molecule has 1 aliphatic rings. The van der Waals surface area contributed by atoms with Crippen LogP contribution in [0, 0.1) is 5.82 Å². The van der Waals surface area contributed by atoms with E-state index in [0.29, 0.717) is 33.9 Å². The Kier molecular flexibility index (Phi) is 6.70. The third-order valence-corrected chi connectivity index (χ3v) is 5.09. The minimum absolute atomic E-state index is 0.109. The maximum Gasteiger partial charge on any atom is 0.173 e. The molecule has 0 spiro atoms. The summed E-state index contributed by atoms with van der Waals surface area (Å²) in [5.41, 5.74) is 1.48. The number of thiocarbonyl (C=S) groups is 1. The van der Waals surface area contributed by atoms with Crippen LogP contribution in [0.25, 0.3) is 0 Å². The molecule has 0 amide bonds. The van der Waals surface area contributed by atoms with Crippen molar-refractivity contribution in [1.29, 1.82) is 0 Å². The molecular weight excluding hydrogens is 394 g/mol. The average Bonchev–Trinajstić information content (AvgIpc) is 3.11. The SMILES string of the molecule is Fc1cccc(CN(C[C@@H]2CCCO2)C(=S)Nc2cc(Cl)ccc2Cl)c1. The first kappa shape index (κ1) is 19.4. The van der Waals surface area contributed by atoms with Crippen LogP contribution in [0.4, 0.5) is 10.1 Å². The largest absolute Gasteiger partial charge is 0.376 e. The van der Waals surface area contributed by atoms with Gasteiger partial charge >= 0.3 is 0 Å². The summed E-state index contributed by atoms with van der Waals surface area (Å²) in [7, 11) is 0. The summed E-state index contributed by atoms with van der Waals surface area (Å²) in [5.74, 6) is -0.267. The molecule has 3 rings (SSSR count). The molecule has 1 fully saturated rings. The molecule has 1 saturated heterocycles. The minimum atomic E-state index is -0.267. The van der Waals surface area contributed by atoms with Crippen LogP contribution in [0.15, 0.2) is 42.5 Å². The van der Waals surface area contributed by atoms with Crippen LogP contribution in [0.2, 0.25) is 10.0 Å². The molecule has 0 radical (unpaired) electrons. The predicted octanol–water partition coefficient (Wildman–Crippen LogP) is 5.51. The molecule has 2 aromatic carbocycles. The highest BCUT2D eigenvalue weighted by Crippen LogP contribution is 2.26. The fourth-order valence-corrected chi connectivity index (χ4v) is 3.48. The fraction of sp³-hybridized carbons (Fsp3) is 0.316. The van der Waals surface area contributed by atoms with Crippen molar-refractivity contribution in [3.05, 3.63) is 63.9 Å². The number of hydrogen-bond donors (Lipinski definition) is 1. The molecule has 1 aliphatic heterocycles. The van der Waals surface area contributed by atoms with Gasteiger partial charge in [0.2, 0.25) is 0 Å². The highest BCUT2D eigenvalue weighted by atomic mass is 35.5. The van der Waals surface area contributed by atoms with Crippen LogP contribution in [-0.4, -0.2) is 29.3 Å². The monoisotopic (exact) mass is 412 g/mol. The van der Waals surface area contributed by atoms with Crippen molar-refractivity contribution in [3.8, 4) is 0 Å². The molecule has 0 bridgehead atoms. The lowest BCUT2D eigenvalue weighted by molar-refractivity contribution is 0.0905. The summed E-state index contributed by atoms with van der Waals surface area (Å²) in [6.45, 7) is 1.86. The number of nitrogens with zero attached hydrogens (tertiary/aromatic N) is 1. The Labute approximate surface area is 168 Å². The lowest BCUT2D eigenvalue weighted by atomic mass is 10.2. The first-order chi connectivity index (χ1) is 12.5. The molecule has 3 nitrogen and oxygen atoms in total. The number of nitrogens with one attached hydrogen (secondary N) is 1. The first-order valence-electron chi connectivity index (χ1n) is 8.38. The molecular formula is C19H19Cl2FN2OS. The smallest absolute Gasteiger partial charge is 0.173 e. The highest BCUT2D eigenvalue weighted by Gasteiger charge is 2.21. The van der Waals surface area contributed by atoms with Gasteiger partial charge in [-0.3, -0.25) is 0 Å². The van der Waals surface area contributed by atoms with Crippen molar-refractivity contribution in [2.24, 2.45) is 0 Å². The van der Waals surface area contributed by atoms with Crippen molar-refractivity contribution < 1.29 is 9.13 Å². The molecule has 7 heteroatoms. The lowest BCUT2D eigenvalue weighted by Crippen LogP contribution is -2.39. The van der Waals surface area contributed by atoms with E-state index in [-0.39, 0.29) is 11.9 Å². The molecule has 1 N–H and O–H groups in total. The molecule has 1 atom stereocenters. The van der Waals surface area contributed by atoms with E-state index in [2.05, 4.69) is 5.32 Å². The summed E-state index contributed by atoms with van der Waals surface area (Å²) in [5, 5.41) is 4.74. The second kappa shape index (κ2) is 9.00. The Morgan fingerprint density at radius 2 is 2.12 bits per heavy atom. The lowest BCUT2D eigenvalue weighted by Gasteiger charge is -2.28. The van der Waals surface area contributed by atoms with Gasteiger partial charge in [0.15, 0.2) is 5.11 Å². The van der Waals surface area contributed by atoms with Gasteiger partial charge in [-0.05, 0) is 61.0 Å². The molecule has 0 unspecified atom stereocenters. The van der Waals surface area contributed by atoms with E-state index in [0.717, 1.165) is 25.0 Å². The molecule has 0 saturated carbocycles. The Balaban J connectivity index is 1.76. The van der Waals surface area contributed by atoms with Gasteiger partial charge in [0.05, 0.1) is 16.8 Å². The molecule has 0 aliphatic carbocycles. The van der Waals surface area contributed by atoms with Gasteiger partial charge in [-0.2, -0.15) is 0 Å². The normalized spacial score (nSPS) is 16.5. The molecule has 1 heterocycles. The maximum atomic E-state index is 13.5. The van der Waals surface area contributed by atoms with E-state index in [1.165, 1.54) is 12.1 Å². The summed E-state index contributed by atoms with van der Waals surface area (Å²) in [6, 6.07) is 11.7. The topological polar surface area (TPSA) is 24.5 Å². The number of anilines is 1. The van der Waals surface area contributed by atoms with E-state index in [1.807, 2.05) is 11.0 Å². The zero-order valence-corrected chi connectivity index (χ0v) is 16.4. The molecule has 26 heavy (non-hydrogen) atoms.